The summed E-state index contributed by atoms with van der Waals surface area (Å²) in [5, 5.41) is 4.05. The highest BCUT2D eigenvalue weighted by Gasteiger charge is 2.29. The van der Waals surface area contributed by atoms with Gasteiger partial charge in [0.1, 0.15) is 0 Å². The highest BCUT2D eigenvalue weighted by Crippen LogP contribution is 2.37. The number of nitrogens with one attached hydrogen (secondary N) is 1. The van der Waals surface area contributed by atoms with Crippen LogP contribution < -0.4 is 14.9 Å². The smallest absolute Gasteiger partial charge is 0.416 e. The first-order chi connectivity index (χ1) is 12.7. The van der Waals surface area contributed by atoms with Gasteiger partial charge in [-0.05, 0) is 71.2 Å². The second-order valence-corrected chi connectivity index (χ2v) is 6.67. The van der Waals surface area contributed by atoms with Gasteiger partial charge in [0, 0.05) is 0 Å². The molecule has 0 aliphatic heterocycles. The number of alkyl halides is 3. The van der Waals surface area contributed by atoms with Crippen LogP contribution in [0, 0.1) is 0 Å². The van der Waals surface area contributed by atoms with E-state index in [1.807, 2.05) is 19.9 Å². The van der Waals surface area contributed by atoms with E-state index < -0.39 is 11.7 Å². The predicted molar refractivity (Wildman–Crippen MR) is 104 cm³/mol. The van der Waals surface area contributed by atoms with Crippen LogP contribution in [0.2, 0.25) is 0 Å². The average Bonchev–Trinajstić information content (AvgIpc) is 2.63. The van der Waals surface area contributed by atoms with Gasteiger partial charge in [-0.15, -0.1) is 0 Å². The van der Waals surface area contributed by atoms with Crippen LogP contribution in [-0.4, -0.2) is 19.4 Å². The van der Waals surface area contributed by atoms with Gasteiger partial charge < -0.3 is 9.47 Å². The van der Waals surface area contributed by atoms with Crippen LogP contribution in [0.15, 0.2) is 46.0 Å². The van der Waals surface area contributed by atoms with E-state index in [0.29, 0.717) is 17.2 Å². The summed E-state index contributed by atoms with van der Waals surface area (Å²) in [5.41, 5.74) is 3.17. The fourth-order valence-electron chi connectivity index (χ4n) is 2.13. The quantitative estimate of drug-likeness (QED) is 0.414. The zero-order valence-electron chi connectivity index (χ0n) is 15.1. The Labute approximate surface area is 164 Å². The standard InChI is InChI=1S/C19H20BrF3N2O2/c1-4-12(2)27-18-16(20)9-13(10-17(18)26-3)11-24-25-15-7-5-14(6-8-15)19(21,22)23/h5-12,25H,4H2,1-3H3/b24-11+/t12-/m1/s1. The van der Waals surface area contributed by atoms with Gasteiger partial charge >= 0.3 is 6.18 Å². The van der Waals surface area contributed by atoms with E-state index in [1.54, 1.807) is 13.2 Å². The molecule has 0 bridgehead atoms. The molecular formula is C19H20BrF3N2O2. The van der Waals surface area contributed by atoms with Crippen molar-refractivity contribution < 1.29 is 22.6 Å². The van der Waals surface area contributed by atoms with E-state index in [-0.39, 0.29) is 6.10 Å². The minimum Gasteiger partial charge on any atom is -0.493 e. The van der Waals surface area contributed by atoms with Crippen molar-refractivity contribution in [2.24, 2.45) is 5.10 Å². The number of hydrogen-bond acceptors (Lipinski definition) is 4. The van der Waals surface area contributed by atoms with Crippen molar-refractivity contribution in [1.29, 1.82) is 0 Å². The molecule has 2 aromatic rings. The predicted octanol–water partition coefficient (Wildman–Crippen LogP) is 6.10. The summed E-state index contributed by atoms with van der Waals surface area (Å²) in [6.07, 6.45) is -1.92. The van der Waals surface area contributed by atoms with Crippen LogP contribution in [0.5, 0.6) is 11.5 Å². The molecule has 0 amide bonds. The molecule has 0 fully saturated rings. The number of halogens is 4. The van der Waals surface area contributed by atoms with Gasteiger partial charge in [-0.3, -0.25) is 5.43 Å². The van der Waals surface area contributed by atoms with Crippen molar-refractivity contribution in [2.75, 3.05) is 12.5 Å². The molecule has 0 aliphatic rings. The van der Waals surface area contributed by atoms with Crippen molar-refractivity contribution in [3.63, 3.8) is 0 Å². The summed E-state index contributed by atoms with van der Waals surface area (Å²) in [6.45, 7) is 3.99. The van der Waals surface area contributed by atoms with Crippen molar-refractivity contribution in [1.82, 2.24) is 0 Å². The number of rotatable bonds is 7. The molecule has 1 N–H and O–H groups in total. The lowest BCUT2D eigenvalue weighted by Crippen LogP contribution is -2.11. The largest absolute Gasteiger partial charge is 0.493 e. The molecule has 0 unspecified atom stereocenters. The van der Waals surface area contributed by atoms with Gasteiger partial charge in [0.2, 0.25) is 0 Å². The number of anilines is 1. The van der Waals surface area contributed by atoms with Crippen LogP contribution in [-0.2, 0) is 6.18 Å². The monoisotopic (exact) mass is 444 g/mol. The van der Waals surface area contributed by atoms with Gasteiger partial charge in [0.25, 0.3) is 0 Å². The summed E-state index contributed by atoms with van der Waals surface area (Å²) in [5.74, 6) is 1.17. The van der Waals surface area contributed by atoms with Crippen LogP contribution >= 0.6 is 15.9 Å². The van der Waals surface area contributed by atoms with E-state index in [0.717, 1.165) is 28.6 Å². The number of methoxy groups -OCH3 is 1. The fraction of sp³-hybridized carbons (Fsp3) is 0.316. The normalized spacial score (nSPS) is 12.9. The Morgan fingerprint density at radius 1 is 1.22 bits per heavy atom. The second kappa shape index (κ2) is 9.12. The number of hydrogen-bond donors (Lipinski definition) is 1. The first-order valence-corrected chi connectivity index (χ1v) is 9.04. The van der Waals surface area contributed by atoms with E-state index in [4.69, 9.17) is 9.47 Å². The maximum atomic E-state index is 12.6. The molecule has 0 spiro atoms. The van der Waals surface area contributed by atoms with Crippen LogP contribution in [0.3, 0.4) is 0 Å². The van der Waals surface area contributed by atoms with Crippen LogP contribution in [0.25, 0.3) is 0 Å². The maximum Gasteiger partial charge on any atom is 0.416 e. The molecule has 4 nitrogen and oxygen atoms in total. The summed E-state index contributed by atoms with van der Waals surface area (Å²) < 4.78 is 49.6. The van der Waals surface area contributed by atoms with Gasteiger partial charge in [0.05, 0.1) is 35.2 Å². The lowest BCUT2D eigenvalue weighted by atomic mass is 10.2. The SMILES string of the molecule is CC[C@@H](C)Oc1c(Br)cc(/C=N/Nc2ccc(C(F)(F)F)cc2)cc1OC. The third-order valence-corrected chi connectivity index (χ3v) is 4.35. The Bertz CT molecular complexity index is 793. The molecule has 0 radical (unpaired) electrons. The zero-order chi connectivity index (χ0) is 20.0. The van der Waals surface area contributed by atoms with E-state index >= 15 is 0 Å². The van der Waals surface area contributed by atoms with Crippen molar-refractivity contribution in [3.05, 3.63) is 52.0 Å². The Hall–Kier alpha value is -2.22. The number of nitrogens with zero attached hydrogens (tertiary/aromatic N) is 1. The topological polar surface area (TPSA) is 42.8 Å². The molecule has 1 atom stereocenters. The molecule has 27 heavy (non-hydrogen) atoms. The lowest BCUT2D eigenvalue weighted by Gasteiger charge is -2.17. The van der Waals surface area contributed by atoms with Gasteiger partial charge in [0.15, 0.2) is 11.5 Å². The van der Waals surface area contributed by atoms with E-state index in [2.05, 4.69) is 26.5 Å². The molecule has 2 rings (SSSR count). The van der Waals surface area contributed by atoms with Gasteiger partial charge in [-0.2, -0.15) is 18.3 Å². The molecule has 0 aromatic heterocycles. The van der Waals surface area contributed by atoms with E-state index in [1.165, 1.54) is 18.3 Å². The highest BCUT2D eigenvalue weighted by molar-refractivity contribution is 9.10. The first-order valence-electron chi connectivity index (χ1n) is 8.25. The van der Waals surface area contributed by atoms with Gasteiger partial charge in [-0.1, -0.05) is 6.92 Å². The van der Waals surface area contributed by atoms with E-state index in [9.17, 15) is 13.2 Å². The minimum absolute atomic E-state index is 0.0380. The average molecular weight is 445 g/mol. The Balaban J connectivity index is 2.11. The molecule has 0 saturated carbocycles. The van der Waals surface area contributed by atoms with Crippen LogP contribution in [0.1, 0.15) is 31.4 Å². The molecular weight excluding hydrogens is 425 g/mol. The number of hydrazone groups is 1. The molecule has 8 heteroatoms. The third-order valence-electron chi connectivity index (χ3n) is 3.77. The number of benzene rings is 2. The minimum atomic E-state index is -4.36. The third kappa shape index (κ3) is 5.89. The molecule has 146 valence electrons. The van der Waals surface area contributed by atoms with Crippen molar-refractivity contribution in [2.45, 2.75) is 32.5 Å². The summed E-state index contributed by atoms with van der Waals surface area (Å²) >= 11 is 3.47. The fourth-order valence-corrected chi connectivity index (χ4v) is 2.68. The lowest BCUT2D eigenvalue weighted by molar-refractivity contribution is -0.137. The summed E-state index contributed by atoms with van der Waals surface area (Å²) in [4.78, 5) is 0. The molecule has 0 saturated heterocycles. The summed E-state index contributed by atoms with van der Waals surface area (Å²) in [7, 11) is 1.55. The van der Waals surface area contributed by atoms with Crippen LogP contribution in [0.4, 0.5) is 18.9 Å². The van der Waals surface area contributed by atoms with Crippen molar-refractivity contribution >= 4 is 27.8 Å². The Morgan fingerprint density at radius 2 is 1.89 bits per heavy atom. The Morgan fingerprint density at radius 3 is 2.44 bits per heavy atom. The molecule has 0 aliphatic carbocycles. The molecule has 2 aromatic carbocycles. The highest BCUT2D eigenvalue weighted by atomic mass is 79.9. The second-order valence-electron chi connectivity index (χ2n) is 5.82. The van der Waals surface area contributed by atoms with Gasteiger partial charge in [-0.25, -0.2) is 0 Å². The summed E-state index contributed by atoms with van der Waals surface area (Å²) in [6, 6.07) is 8.22. The first kappa shape index (κ1) is 21.1. The Kier molecular flexibility index (Phi) is 7.12. The number of ether oxygens (including phenoxy) is 2. The zero-order valence-corrected chi connectivity index (χ0v) is 16.7. The molecule has 0 heterocycles. The van der Waals surface area contributed by atoms with Crippen molar-refractivity contribution in [3.8, 4) is 11.5 Å². The maximum absolute atomic E-state index is 12.6.